The molecule has 11 aromatic rings. The minimum atomic E-state index is 0.795. The zero-order valence-corrected chi connectivity index (χ0v) is 31.6. The lowest BCUT2D eigenvalue weighted by Crippen LogP contribution is -2.00. The highest BCUT2D eigenvalue weighted by Crippen LogP contribution is 2.41. The van der Waals surface area contributed by atoms with Gasteiger partial charge in [0.05, 0.1) is 11.0 Å². The number of hydrogen-bond donors (Lipinski definition) is 0. The smallest absolute Gasteiger partial charge is 0.168 e. The van der Waals surface area contributed by atoms with Crippen molar-refractivity contribution in [3.8, 4) is 67.5 Å². The zero-order valence-electron chi connectivity index (χ0n) is 31.6. The molecule has 272 valence electrons. The molecule has 2 heterocycles. The van der Waals surface area contributed by atoms with Crippen LogP contribution in [0.4, 0.5) is 0 Å². The Bertz CT molecular complexity index is 3270. The Kier molecular flexibility index (Phi) is 8.11. The van der Waals surface area contributed by atoms with Gasteiger partial charge in [0.2, 0.25) is 0 Å². The van der Waals surface area contributed by atoms with E-state index in [-0.39, 0.29) is 0 Å². The maximum atomic E-state index is 4.80. The lowest BCUT2D eigenvalue weighted by molar-refractivity contribution is 1.07. The Morgan fingerprint density at radius 1 is 0.276 bits per heavy atom. The van der Waals surface area contributed by atoms with E-state index in [1.54, 1.807) is 0 Å². The molecule has 0 N–H and O–H groups in total. The van der Waals surface area contributed by atoms with Gasteiger partial charge in [0.25, 0.3) is 0 Å². The van der Waals surface area contributed by atoms with Crippen LogP contribution >= 0.6 is 0 Å². The summed E-state index contributed by atoms with van der Waals surface area (Å²) in [6.45, 7) is 0. The fourth-order valence-electron chi connectivity index (χ4n) is 8.54. The van der Waals surface area contributed by atoms with Gasteiger partial charge >= 0.3 is 0 Å². The average Bonchev–Trinajstić information content (AvgIpc) is 3.90. The lowest BCUT2D eigenvalue weighted by atomic mass is 9.89. The van der Waals surface area contributed by atoms with Crippen LogP contribution in [0.2, 0.25) is 0 Å². The molecule has 0 radical (unpaired) electrons. The molecule has 0 saturated carbocycles. The molecule has 0 fully saturated rings. The Hall–Kier alpha value is -7.82. The summed E-state index contributed by atoms with van der Waals surface area (Å²) in [5.74, 6) is 1.60. The minimum absolute atomic E-state index is 0.795. The minimum Gasteiger partial charge on any atom is -0.309 e. The van der Waals surface area contributed by atoms with Crippen molar-refractivity contribution in [1.29, 1.82) is 0 Å². The molecule has 58 heavy (non-hydrogen) atoms. The quantitative estimate of drug-likeness (QED) is 0.163. The number of benzene rings is 9. The molecule has 0 amide bonds. The first-order chi connectivity index (χ1) is 28.8. The van der Waals surface area contributed by atoms with Gasteiger partial charge in [-0.1, -0.05) is 170 Å². The Labute approximate surface area is 336 Å². The van der Waals surface area contributed by atoms with E-state index in [2.05, 4.69) is 221 Å². The number of rotatable bonds is 7. The van der Waals surface area contributed by atoms with Crippen LogP contribution in [-0.2, 0) is 0 Å². The molecule has 9 aromatic carbocycles. The van der Waals surface area contributed by atoms with Crippen LogP contribution in [0.3, 0.4) is 0 Å². The third kappa shape index (κ3) is 5.70. The second-order valence-electron chi connectivity index (χ2n) is 14.7. The molecule has 0 aliphatic heterocycles. The molecule has 0 atom stereocenters. The number of fused-ring (bicyclic) bond motifs is 4. The second kappa shape index (κ2) is 14.0. The van der Waals surface area contributed by atoms with Crippen molar-refractivity contribution < 1.29 is 0 Å². The Morgan fingerprint density at radius 3 is 1.47 bits per heavy atom. The molecule has 4 heteroatoms. The predicted octanol–water partition coefficient (Wildman–Crippen LogP) is 13.9. The van der Waals surface area contributed by atoms with Crippen molar-refractivity contribution in [2.45, 2.75) is 0 Å². The van der Waals surface area contributed by atoms with Crippen molar-refractivity contribution in [2.75, 3.05) is 0 Å². The van der Waals surface area contributed by atoms with Gasteiger partial charge in [0.15, 0.2) is 11.6 Å². The van der Waals surface area contributed by atoms with E-state index in [9.17, 15) is 0 Å². The molecule has 0 saturated heterocycles. The van der Waals surface area contributed by atoms with Gasteiger partial charge in [-0.05, 0) is 92.7 Å². The molecule has 0 aliphatic rings. The van der Waals surface area contributed by atoms with Crippen LogP contribution < -0.4 is 0 Å². The van der Waals surface area contributed by atoms with Crippen LogP contribution in [-0.4, -0.2) is 19.3 Å². The molecule has 11 rings (SSSR count). The highest BCUT2D eigenvalue weighted by Gasteiger charge is 2.19. The third-order valence-electron chi connectivity index (χ3n) is 11.3. The molecular formula is C54H36N4. The van der Waals surface area contributed by atoms with E-state index in [0.29, 0.717) is 0 Å². The summed E-state index contributed by atoms with van der Waals surface area (Å²) in [5, 5.41) is 14.4. The maximum absolute atomic E-state index is 4.80. The molecule has 4 nitrogen and oxygen atoms in total. The number of aromatic nitrogens is 4. The van der Waals surface area contributed by atoms with Crippen molar-refractivity contribution in [1.82, 2.24) is 19.3 Å². The first-order valence-electron chi connectivity index (χ1n) is 19.7. The first-order valence-corrected chi connectivity index (χ1v) is 19.7. The van der Waals surface area contributed by atoms with Crippen molar-refractivity contribution in [3.63, 3.8) is 0 Å². The third-order valence-corrected chi connectivity index (χ3v) is 11.3. The Morgan fingerprint density at radius 2 is 0.759 bits per heavy atom. The summed E-state index contributed by atoms with van der Waals surface area (Å²) < 4.78 is 4.53. The summed E-state index contributed by atoms with van der Waals surface area (Å²) in [6, 6.07) is 77.8. The molecule has 0 aliphatic carbocycles. The predicted molar refractivity (Wildman–Crippen MR) is 240 cm³/mol. The van der Waals surface area contributed by atoms with Gasteiger partial charge in [-0.3, -0.25) is 4.57 Å². The highest BCUT2D eigenvalue weighted by atomic mass is 15.3. The van der Waals surface area contributed by atoms with Gasteiger partial charge in [0.1, 0.15) is 0 Å². The molecule has 0 bridgehead atoms. The van der Waals surface area contributed by atoms with Crippen LogP contribution in [0.1, 0.15) is 0 Å². The topological polar surface area (TPSA) is 35.6 Å². The average molecular weight is 741 g/mol. The van der Waals surface area contributed by atoms with Crippen molar-refractivity contribution >= 4 is 32.6 Å². The summed E-state index contributed by atoms with van der Waals surface area (Å²) >= 11 is 0. The first kappa shape index (κ1) is 33.5. The number of nitrogens with zero attached hydrogens (tertiary/aromatic N) is 4. The van der Waals surface area contributed by atoms with Crippen LogP contribution in [0.15, 0.2) is 218 Å². The van der Waals surface area contributed by atoms with E-state index in [0.717, 1.165) is 39.7 Å². The van der Waals surface area contributed by atoms with Crippen molar-refractivity contribution in [2.24, 2.45) is 0 Å². The number of para-hydroxylation sites is 3. The van der Waals surface area contributed by atoms with Gasteiger partial charge in [-0.2, -0.15) is 0 Å². The normalized spacial score (nSPS) is 11.4. The fraction of sp³-hybridized carbons (Fsp3) is 0. The van der Waals surface area contributed by atoms with Gasteiger partial charge < -0.3 is 4.57 Å². The molecule has 0 spiro atoms. The summed E-state index contributed by atoms with van der Waals surface area (Å²) in [6.07, 6.45) is 0. The SMILES string of the molecule is c1ccc(-n2c(-c3ccc(-c4ccccc4-c4ccccc4-c4ccc5c(c4)c4ccccc4n5-c4ccccc4)cc3)nnc2-c2ccc3ccccc3c2)cc1. The molecular weight excluding hydrogens is 705 g/mol. The van der Waals surface area contributed by atoms with Gasteiger partial charge in [0, 0.05) is 33.3 Å². The molecule has 0 unspecified atom stereocenters. The van der Waals surface area contributed by atoms with Crippen LogP contribution in [0, 0.1) is 0 Å². The lowest BCUT2D eigenvalue weighted by Gasteiger charge is -2.16. The zero-order chi connectivity index (χ0) is 38.4. The van der Waals surface area contributed by atoms with E-state index in [1.807, 2.05) is 6.07 Å². The Balaban J connectivity index is 0.991. The number of hydrogen-bond acceptors (Lipinski definition) is 2. The second-order valence-corrected chi connectivity index (χ2v) is 14.7. The van der Waals surface area contributed by atoms with Gasteiger partial charge in [-0.25, -0.2) is 0 Å². The van der Waals surface area contributed by atoms with Crippen LogP contribution in [0.25, 0.3) is 100 Å². The van der Waals surface area contributed by atoms with E-state index in [1.165, 1.54) is 60.4 Å². The van der Waals surface area contributed by atoms with E-state index < -0.39 is 0 Å². The standard InChI is InChI=1S/C54H36N4/c1-3-17-43(18-4-1)57-51-26-14-13-25-49(51)50-36-41(33-34-52(50)57)46-22-10-12-24-48(46)47-23-11-9-21-45(47)38-28-30-39(31-29-38)53-55-56-54(58(53)44-19-5-2-6-20-44)42-32-27-37-15-7-8-16-40(37)35-42/h1-36H. The molecule has 2 aromatic heterocycles. The highest BCUT2D eigenvalue weighted by molar-refractivity contribution is 6.11. The van der Waals surface area contributed by atoms with E-state index >= 15 is 0 Å². The monoisotopic (exact) mass is 740 g/mol. The van der Waals surface area contributed by atoms with Crippen LogP contribution in [0.5, 0.6) is 0 Å². The largest absolute Gasteiger partial charge is 0.309 e. The van der Waals surface area contributed by atoms with Gasteiger partial charge in [-0.15, -0.1) is 10.2 Å². The summed E-state index contributed by atoms with van der Waals surface area (Å²) in [5.41, 5.74) is 13.7. The van der Waals surface area contributed by atoms with Crippen molar-refractivity contribution in [3.05, 3.63) is 218 Å². The summed E-state index contributed by atoms with van der Waals surface area (Å²) in [4.78, 5) is 0. The van der Waals surface area contributed by atoms with E-state index in [4.69, 9.17) is 10.2 Å². The maximum Gasteiger partial charge on any atom is 0.168 e. The fourth-order valence-corrected chi connectivity index (χ4v) is 8.54. The summed E-state index contributed by atoms with van der Waals surface area (Å²) in [7, 11) is 0.